The van der Waals surface area contributed by atoms with E-state index in [4.69, 9.17) is 0 Å². The van der Waals surface area contributed by atoms with Gasteiger partial charge in [0.15, 0.2) is 0 Å². The molecule has 0 aliphatic carbocycles. The predicted octanol–water partition coefficient (Wildman–Crippen LogP) is 4.35. The van der Waals surface area contributed by atoms with Gasteiger partial charge < -0.3 is 0 Å². The van der Waals surface area contributed by atoms with Gasteiger partial charge in [-0.1, -0.05) is 24.3 Å². The molecule has 17 heavy (non-hydrogen) atoms. The van der Waals surface area contributed by atoms with E-state index in [2.05, 4.69) is 62.4 Å². The van der Waals surface area contributed by atoms with E-state index >= 15 is 0 Å². The molecule has 0 bridgehead atoms. The van der Waals surface area contributed by atoms with Crippen LogP contribution >= 0.6 is 0 Å². The molecule has 0 amide bonds. The maximum absolute atomic E-state index is 2.28. The van der Waals surface area contributed by atoms with Crippen molar-refractivity contribution >= 4 is 11.4 Å². The smallest absolute Gasteiger partial charge is 0.146 e. The van der Waals surface area contributed by atoms with Crippen molar-refractivity contribution in [1.29, 1.82) is 0 Å². The summed E-state index contributed by atoms with van der Waals surface area (Å²) in [7, 11) is 0. The molecule has 0 saturated carbocycles. The number of para-hydroxylation sites is 2. The van der Waals surface area contributed by atoms with Gasteiger partial charge >= 0.3 is 0 Å². The highest BCUT2D eigenvalue weighted by atomic mass is 15.4. The molecule has 1 aliphatic heterocycles. The zero-order valence-electron chi connectivity index (χ0n) is 10.5. The lowest BCUT2D eigenvalue weighted by Crippen LogP contribution is -2.42. The first-order chi connectivity index (χ1) is 8.33. The third-order valence-electron chi connectivity index (χ3n) is 4.10. The summed E-state index contributed by atoms with van der Waals surface area (Å²) in [6, 6.07) is 17.7. The van der Waals surface area contributed by atoms with Gasteiger partial charge in [-0.3, -0.25) is 4.48 Å². The highest BCUT2D eigenvalue weighted by Crippen LogP contribution is 2.52. The summed E-state index contributed by atoms with van der Waals surface area (Å²) < 4.78 is 0.992. The van der Waals surface area contributed by atoms with Gasteiger partial charge in [-0.2, -0.15) is 0 Å². The van der Waals surface area contributed by atoms with Gasteiger partial charge in [0.25, 0.3) is 0 Å². The molecule has 1 aliphatic rings. The van der Waals surface area contributed by atoms with Gasteiger partial charge in [0, 0.05) is 23.3 Å². The van der Waals surface area contributed by atoms with Gasteiger partial charge in [0.05, 0.1) is 13.1 Å². The number of quaternary nitrogens is 1. The van der Waals surface area contributed by atoms with Crippen LogP contribution in [-0.2, 0) is 0 Å². The van der Waals surface area contributed by atoms with Crippen molar-refractivity contribution in [3.63, 3.8) is 0 Å². The van der Waals surface area contributed by atoms with Crippen LogP contribution in [0.5, 0.6) is 0 Å². The van der Waals surface area contributed by atoms with Gasteiger partial charge in [0.2, 0.25) is 0 Å². The van der Waals surface area contributed by atoms with Crippen molar-refractivity contribution < 1.29 is 0 Å². The molecule has 3 rings (SSSR count). The van der Waals surface area contributed by atoms with E-state index in [0.717, 1.165) is 17.6 Å². The van der Waals surface area contributed by atoms with E-state index in [1.165, 1.54) is 22.5 Å². The van der Waals surface area contributed by atoms with E-state index in [0.29, 0.717) is 0 Å². The minimum atomic E-state index is 0.992. The van der Waals surface area contributed by atoms with Crippen LogP contribution in [0.2, 0.25) is 0 Å². The normalized spacial score (nSPS) is 15.4. The lowest BCUT2D eigenvalue weighted by Gasteiger charge is -2.32. The standard InChI is InChI=1S/C16H18N/c1-3-17(4-2)15-11-7-5-9-13(15)14-10-6-8-12-16(14)17/h5-12H,3-4H2,1-2H3/q+1. The average Bonchev–Trinajstić information content (AvgIpc) is 2.70. The summed E-state index contributed by atoms with van der Waals surface area (Å²) in [4.78, 5) is 0. The fourth-order valence-electron chi connectivity index (χ4n) is 3.18. The van der Waals surface area contributed by atoms with Gasteiger partial charge in [-0.25, -0.2) is 0 Å². The molecule has 2 aromatic carbocycles. The van der Waals surface area contributed by atoms with Gasteiger partial charge in [0.1, 0.15) is 11.4 Å². The molecule has 1 heteroatoms. The molecule has 0 atom stereocenters. The van der Waals surface area contributed by atoms with Crippen LogP contribution in [0.3, 0.4) is 0 Å². The van der Waals surface area contributed by atoms with Crippen molar-refractivity contribution in [3.05, 3.63) is 48.5 Å². The minimum Gasteiger partial charge on any atom is -0.258 e. The number of nitrogens with zero attached hydrogens (tertiary/aromatic N) is 1. The van der Waals surface area contributed by atoms with Crippen LogP contribution in [-0.4, -0.2) is 13.1 Å². The quantitative estimate of drug-likeness (QED) is 0.665. The number of hydrogen-bond donors (Lipinski definition) is 0. The Morgan fingerprint density at radius 1 is 0.706 bits per heavy atom. The molecule has 1 nitrogen and oxygen atoms in total. The maximum Gasteiger partial charge on any atom is 0.146 e. The predicted molar refractivity (Wildman–Crippen MR) is 74.4 cm³/mol. The highest BCUT2D eigenvalue weighted by molar-refractivity contribution is 5.94. The lowest BCUT2D eigenvalue weighted by molar-refractivity contribution is 0.430. The molecule has 1 heterocycles. The van der Waals surface area contributed by atoms with Gasteiger partial charge in [-0.15, -0.1) is 0 Å². The average molecular weight is 224 g/mol. The van der Waals surface area contributed by atoms with Crippen molar-refractivity contribution in [1.82, 2.24) is 4.48 Å². The molecule has 2 aromatic rings. The monoisotopic (exact) mass is 224 g/mol. The van der Waals surface area contributed by atoms with Crippen molar-refractivity contribution in [3.8, 4) is 11.1 Å². The molecule has 0 radical (unpaired) electrons. The van der Waals surface area contributed by atoms with Crippen molar-refractivity contribution in [2.24, 2.45) is 0 Å². The molecule has 0 spiro atoms. The Hall–Kier alpha value is -1.60. The van der Waals surface area contributed by atoms with E-state index < -0.39 is 0 Å². The third-order valence-corrected chi connectivity index (χ3v) is 4.10. The molecule has 0 unspecified atom stereocenters. The van der Waals surface area contributed by atoms with E-state index in [1.807, 2.05) is 0 Å². The Morgan fingerprint density at radius 2 is 1.12 bits per heavy atom. The fourth-order valence-corrected chi connectivity index (χ4v) is 3.18. The van der Waals surface area contributed by atoms with Crippen LogP contribution in [0, 0.1) is 0 Å². The zero-order chi connectivity index (χ0) is 11.9. The Bertz CT molecular complexity index is 505. The van der Waals surface area contributed by atoms with Crippen molar-refractivity contribution in [2.45, 2.75) is 13.8 Å². The zero-order valence-corrected chi connectivity index (χ0v) is 10.5. The Balaban J connectivity index is 2.38. The maximum atomic E-state index is 2.28. The molecule has 0 saturated heterocycles. The SMILES string of the molecule is CC[N+]1(CC)c2ccccc2-c2ccccc21. The topological polar surface area (TPSA) is 0 Å². The highest BCUT2D eigenvalue weighted by Gasteiger charge is 2.40. The number of fused-ring (bicyclic) bond motifs is 3. The van der Waals surface area contributed by atoms with Crippen molar-refractivity contribution in [2.75, 3.05) is 13.1 Å². The molecule has 86 valence electrons. The minimum absolute atomic E-state index is 0.992. The lowest BCUT2D eigenvalue weighted by atomic mass is 10.1. The van der Waals surface area contributed by atoms with Crippen LogP contribution in [0.25, 0.3) is 11.1 Å². The summed E-state index contributed by atoms with van der Waals surface area (Å²) in [5.74, 6) is 0. The van der Waals surface area contributed by atoms with Crippen LogP contribution in [0.1, 0.15) is 13.8 Å². The summed E-state index contributed by atoms with van der Waals surface area (Å²) in [6.45, 7) is 6.79. The third kappa shape index (κ3) is 1.23. The van der Waals surface area contributed by atoms with Gasteiger partial charge in [-0.05, 0) is 26.0 Å². The van der Waals surface area contributed by atoms with E-state index in [9.17, 15) is 0 Å². The Kier molecular flexibility index (Phi) is 2.30. The van der Waals surface area contributed by atoms with Crippen LogP contribution < -0.4 is 4.48 Å². The summed E-state index contributed by atoms with van der Waals surface area (Å²) in [5, 5.41) is 0. The summed E-state index contributed by atoms with van der Waals surface area (Å²) >= 11 is 0. The van der Waals surface area contributed by atoms with Crippen LogP contribution in [0.4, 0.5) is 11.4 Å². The molecular formula is C16H18N+. The first kappa shape index (κ1) is 10.5. The second-order valence-corrected chi connectivity index (χ2v) is 4.63. The molecule has 0 N–H and O–H groups in total. The largest absolute Gasteiger partial charge is 0.258 e. The van der Waals surface area contributed by atoms with E-state index in [1.54, 1.807) is 0 Å². The first-order valence-electron chi connectivity index (χ1n) is 6.40. The number of rotatable bonds is 2. The van der Waals surface area contributed by atoms with Crippen LogP contribution in [0.15, 0.2) is 48.5 Å². The van der Waals surface area contributed by atoms with E-state index in [-0.39, 0.29) is 0 Å². The molecule has 0 aromatic heterocycles. The summed E-state index contributed by atoms with van der Waals surface area (Å²) in [5.41, 5.74) is 5.73. The number of benzene rings is 2. The first-order valence-corrected chi connectivity index (χ1v) is 6.40. The summed E-state index contributed by atoms with van der Waals surface area (Å²) in [6.07, 6.45) is 0. The Morgan fingerprint density at radius 3 is 1.53 bits per heavy atom. The second-order valence-electron chi connectivity index (χ2n) is 4.63. The number of hydrogen-bond acceptors (Lipinski definition) is 0. The molecular weight excluding hydrogens is 206 g/mol. The fraction of sp³-hybridized carbons (Fsp3) is 0.250. The second kappa shape index (κ2) is 3.71. The Labute approximate surface area is 103 Å². The molecule has 0 fully saturated rings.